The molecule has 0 radical (unpaired) electrons. The van der Waals surface area contributed by atoms with Crippen molar-refractivity contribution in [2.75, 3.05) is 16.8 Å². The van der Waals surface area contributed by atoms with Gasteiger partial charge < -0.3 is 16.8 Å². The molecule has 4 aromatic rings. The number of H-pyrrole nitrogens is 1. The van der Waals surface area contributed by atoms with Gasteiger partial charge in [-0.3, -0.25) is 9.89 Å². The molecular weight excluding hydrogens is 420 g/mol. The van der Waals surface area contributed by atoms with Gasteiger partial charge in [-0.1, -0.05) is 24.6 Å². The molecule has 0 fully saturated rings. The quantitative estimate of drug-likeness (QED) is 0.347. The zero-order chi connectivity index (χ0) is 22.1. The number of hydrogen-bond acceptors (Lipinski definition) is 8. The van der Waals surface area contributed by atoms with Gasteiger partial charge in [0.05, 0.1) is 34.7 Å². The maximum Gasteiger partial charge on any atom is 0.268 e. The van der Waals surface area contributed by atoms with Crippen LogP contribution < -0.4 is 22.3 Å². The molecule has 4 rings (SSSR count). The Morgan fingerprint density at radius 1 is 1.29 bits per heavy atom. The van der Waals surface area contributed by atoms with E-state index in [0.717, 1.165) is 0 Å². The van der Waals surface area contributed by atoms with Gasteiger partial charge in [0.25, 0.3) is 11.2 Å². The summed E-state index contributed by atoms with van der Waals surface area (Å²) < 4.78 is 1.40. The van der Waals surface area contributed by atoms with E-state index in [-0.39, 0.29) is 34.2 Å². The van der Waals surface area contributed by atoms with Gasteiger partial charge in [-0.2, -0.15) is 5.10 Å². The number of fused-ring (bicyclic) bond motifs is 1. The van der Waals surface area contributed by atoms with Crippen LogP contribution in [-0.2, 0) is 0 Å². The first-order chi connectivity index (χ1) is 14.9. The van der Waals surface area contributed by atoms with Gasteiger partial charge in [-0.15, -0.1) is 0 Å². The summed E-state index contributed by atoms with van der Waals surface area (Å²) in [5, 5.41) is 10.5. The zero-order valence-electron chi connectivity index (χ0n) is 16.3. The lowest BCUT2D eigenvalue weighted by Gasteiger charge is -2.22. The number of nitrogen functional groups attached to an aromatic ring is 2. The van der Waals surface area contributed by atoms with Gasteiger partial charge in [0.15, 0.2) is 0 Å². The summed E-state index contributed by atoms with van der Waals surface area (Å²) >= 11 is 6.29. The van der Waals surface area contributed by atoms with Crippen molar-refractivity contribution in [3.8, 4) is 5.82 Å². The van der Waals surface area contributed by atoms with Crippen molar-refractivity contribution >= 4 is 45.8 Å². The van der Waals surface area contributed by atoms with Gasteiger partial charge in [-0.05, 0) is 18.6 Å². The highest BCUT2D eigenvalue weighted by Crippen LogP contribution is 2.33. The van der Waals surface area contributed by atoms with E-state index < -0.39 is 6.04 Å². The third kappa shape index (κ3) is 3.49. The van der Waals surface area contributed by atoms with Crippen LogP contribution in [0.3, 0.4) is 0 Å². The molecule has 1 atom stereocenters. The van der Waals surface area contributed by atoms with Crippen LogP contribution in [0.1, 0.15) is 25.2 Å². The third-order valence-corrected chi connectivity index (χ3v) is 4.99. The smallest absolute Gasteiger partial charge is 0.268 e. The van der Waals surface area contributed by atoms with Crippen molar-refractivity contribution in [2.45, 2.75) is 19.4 Å². The lowest BCUT2D eigenvalue weighted by Crippen LogP contribution is -2.28. The van der Waals surface area contributed by atoms with Crippen molar-refractivity contribution in [3.05, 3.63) is 63.1 Å². The van der Waals surface area contributed by atoms with E-state index in [1.807, 2.05) is 6.92 Å². The molecule has 12 heteroatoms. The Morgan fingerprint density at radius 3 is 2.77 bits per heavy atom. The lowest BCUT2D eigenvalue weighted by atomic mass is 10.1. The molecule has 1 aromatic carbocycles. The van der Waals surface area contributed by atoms with E-state index in [1.165, 1.54) is 10.8 Å². The van der Waals surface area contributed by atoms with E-state index in [4.69, 9.17) is 34.6 Å². The predicted molar refractivity (Wildman–Crippen MR) is 118 cm³/mol. The average molecular weight is 437 g/mol. The minimum atomic E-state index is -0.534. The number of nitrogens with two attached hydrogens (primary N) is 2. The van der Waals surface area contributed by atoms with Gasteiger partial charge in [0.2, 0.25) is 5.95 Å². The monoisotopic (exact) mass is 436 g/mol. The Hall–Kier alpha value is -4.17. The first kappa shape index (κ1) is 20.1. The highest BCUT2D eigenvalue weighted by molar-refractivity contribution is 6.35. The van der Waals surface area contributed by atoms with E-state index >= 15 is 0 Å². The summed E-state index contributed by atoms with van der Waals surface area (Å²) in [6.45, 7) is 9.31. The van der Waals surface area contributed by atoms with E-state index in [1.54, 1.807) is 24.3 Å². The molecule has 156 valence electrons. The molecule has 0 aliphatic heterocycles. The fraction of sp³-hybridized carbons (Fsp3) is 0.158. The Morgan fingerprint density at radius 2 is 2.10 bits per heavy atom. The summed E-state index contributed by atoms with van der Waals surface area (Å²) in [4.78, 5) is 29.5. The van der Waals surface area contributed by atoms with Crippen molar-refractivity contribution < 1.29 is 0 Å². The number of benzene rings is 1. The third-order valence-electron chi connectivity index (χ3n) is 4.67. The minimum Gasteiger partial charge on any atom is -0.392 e. The molecule has 0 aliphatic carbocycles. The maximum absolute atomic E-state index is 13.4. The molecule has 0 spiro atoms. The largest absolute Gasteiger partial charge is 0.392 e. The Bertz CT molecular complexity index is 1370. The Balaban J connectivity index is 1.95. The molecule has 6 N–H and O–H groups in total. The molecule has 3 aromatic heterocycles. The van der Waals surface area contributed by atoms with Gasteiger partial charge in [0, 0.05) is 6.07 Å². The standard InChI is InChI=1S/C19H17ClN10O/c1-3-10(25-16-14(23-2)15(21)27-19(22)28-16)17-26-11-6-4-5-9(20)13(11)18(31)30(17)12-7-8-24-29-12/h4-8,10H,3H2,1H3,(H,24,29)(H5,21,22,25,27,28)/t10-/m1/s1. The maximum atomic E-state index is 13.4. The van der Waals surface area contributed by atoms with Crippen molar-refractivity contribution in [3.63, 3.8) is 0 Å². The van der Waals surface area contributed by atoms with Crippen LogP contribution in [0, 0.1) is 6.57 Å². The molecule has 0 saturated heterocycles. The van der Waals surface area contributed by atoms with Crippen LogP contribution in [0.2, 0.25) is 5.02 Å². The lowest BCUT2D eigenvalue weighted by molar-refractivity contribution is 0.653. The van der Waals surface area contributed by atoms with E-state index in [2.05, 4.69) is 30.3 Å². The number of nitrogens with one attached hydrogen (secondary N) is 2. The first-order valence-corrected chi connectivity index (χ1v) is 9.60. The second kappa shape index (κ2) is 7.92. The fourth-order valence-corrected chi connectivity index (χ4v) is 3.51. The summed E-state index contributed by atoms with van der Waals surface area (Å²) in [6, 6.07) is 6.18. The number of aromatic amines is 1. The number of nitrogens with zero attached hydrogens (tertiary/aromatic N) is 6. The van der Waals surface area contributed by atoms with Crippen molar-refractivity contribution in [2.24, 2.45) is 0 Å². The van der Waals surface area contributed by atoms with Gasteiger partial charge >= 0.3 is 0 Å². The molecule has 3 heterocycles. The SMILES string of the molecule is [C-]#[N+]c1c(N)nc(N)nc1N[C@H](CC)c1nc2cccc(Cl)c2c(=O)n1-c1ccn[nH]1. The van der Waals surface area contributed by atoms with E-state index in [9.17, 15) is 4.79 Å². The molecule has 0 aliphatic rings. The molecule has 0 bridgehead atoms. The highest BCUT2D eigenvalue weighted by atomic mass is 35.5. The number of halogens is 1. The van der Waals surface area contributed by atoms with Crippen LogP contribution in [0.5, 0.6) is 0 Å². The topological polar surface area (TPSA) is 158 Å². The van der Waals surface area contributed by atoms with Crippen molar-refractivity contribution in [1.29, 1.82) is 0 Å². The van der Waals surface area contributed by atoms with Gasteiger partial charge in [0.1, 0.15) is 23.3 Å². The van der Waals surface area contributed by atoms with Crippen molar-refractivity contribution in [1.82, 2.24) is 29.7 Å². The summed E-state index contributed by atoms with van der Waals surface area (Å²) in [5.41, 5.74) is 11.7. The molecule has 31 heavy (non-hydrogen) atoms. The molecule has 11 nitrogen and oxygen atoms in total. The van der Waals surface area contributed by atoms with E-state index in [0.29, 0.717) is 28.6 Å². The van der Waals surface area contributed by atoms with Crippen LogP contribution >= 0.6 is 11.6 Å². The van der Waals surface area contributed by atoms with Crippen LogP contribution in [-0.4, -0.2) is 29.7 Å². The highest BCUT2D eigenvalue weighted by Gasteiger charge is 2.24. The Labute approximate surface area is 180 Å². The van der Waals surface area contributed by atoms with Gasteiger partial charge in [-0.25, -0.2) is 24.4 Å². The van der Waals surface area contributed by atoms with Crippen LogP contribution in [0.4, 0.5) is 23.3 Å². The summed E-state index contributed by atoms with van der Waals surface area (Å²) in [6.07, 6.45) is 2.02. The zero-order valence-corrected chi connectivity index (χ0v) is 17.1. The molecular formula is C19H17ClN10O. The average Bonchev–Trinajstić information content (AvgIpc) is 3.25. The fourth-order valence-electron chi connectivity index (χ4n) is 3.26. The normalized spacial score (nSPS) is 11.9. The van der Waals surface area contributed by atoms with Crippen LogP contribution in [0.25, 0.3) is 21.6 Å². The summed E-state index contributed by atoms with van der Waals surface area (Å²) in [7, 11) is 0. The first-order valence-electron chi connectivity index (χ1n) is 9.22. The molecule has 0 saturated carbocycles. The Kier molecular flexibility index (Phi) is 5.14. The second-order valence-electron chi connectivity index (χ2n) is 6.57. The number of hydrogen-bond donors (Lipinski definition) is 4. The second-order valence-corrected chi connectivity index (χ2v) is 6.97. The van der Waals surface area contributed by atoms with Crippen LogP contribution in [0.15, 0.2) is 35.3 Å². The summed E-state index contributed by atoms with van der Waals surface area (Å²) in [5.74, 6) is 0.832. The number of aromatic nitrogens is 6. The molecule has 0 unspecified atom stereocenters. The predicted octanol–water partition coefficient (Wildman–Crippen LogP) is 2.83. The number of anilines is 3. The number of rotatable bonds is 5. The molecule has 0 amide bonds. The minimum absolute atomic E-state index is 0.0342.